The number of carbonyl (C=O) groups excluding carboxylic acids is 1. The smallest absolute Gasteiger partial charge is 0.160 e. The van der Waals surface area contributed by atoms with Crippen LogP contribution >= 0.6 is 15.9 Å². The first-order valence-corrected chi connectivity index (χ1v) is 6.63. The Morgan fingerprint density at radius 3 is 2.68 bits per heavy atom. The van der Waals surface area contributed by atoms with E-state index in [1.807, 2.05) is 24.3 Å². The minimum atomic E-state index is 0.0225. The van der Waals surface area contributed by atoms with Crippen LogP contribution in [0.1, 0.15) is 22.8 Å². The molecule has 0 radical (unpaired) electrons. The number of hydrogen-bond acceptors (Lipinski definition) is 3. The lowest BCUT2D eigenvalue weighted by Gasteiger charge is -2.08. The third-order valence-corrected chi connectivity index (χ3v) is 3.33. The zero-order valence-electron chi connectivity index (χ0n) is 10.5. The first kappa shape index (κ1) is 13.6. The molecule has 2 aromatic carbocycles. The lowest BCUT2D eigenvalue weighted by molar-refractivity contribution is 0.101. The molecule has 98 valence electrons. The van der Waals surface area contributed by atoms with Gasteiger partial charge in [-0.25, -0.2) is 0 Å². The Morgan fingerprint density at radius 2 is 2.05 bits per heavy atom. The van der Waals surface area contributed by atoms with Crippen LogP contribution in [-0.4, -0.2) is 5.78 Å². The van der Waals surface area contributed by atoms with Gasteiger partial charge in [0.2, 0.25) is 0 Å². The molecule has 0 saturated heterocycles. The minimum Gasteiger partial charge on any atom is -0.489 e. The third-order valence-electron chi connectivity index (χ3n) is 2.68. The summed E-state index contributed by atoms with van der Waals surface area (Å²) in [6, 6.07) is 12.9. The highest BCUT2D eigenvalue weighted by Crippen LogP contribution is 2.24. The largest absolute Gasteiger partial charge is 0.489 e. The van der Waals surface area contributed by atoms with Gasteiger partial charge in [0.15, 0.2) is 5.78 Å². The monoisotopic (exact) mass is 319 g/mol. The van der Waals surface area contributed by atoms with Crippen molar-refractivity contribution in [3.05, 3.63) is 58.1 Å². The minimum absolute atomic E-state index is 0.0225. The molecular formula is C15H14BrNO2. The van der Waals surface area contributed by atoms with E-state index in [0.29, 0.717) is 23.6 Å². The number of benzene rings is 2. The van der Waals surface area contributed by atoms with Crippen molar-refractivity contribution in [3.8, 4) is 5.75 Å². The number of ether oxygens (including phenoxy) is 1. The van der Waals surface area contributed by atoms with Gasteiger partial charge in [0, 0.05) is 15.7 Å². The van der Waals surface area contributed by atoms with Crippen LogP contribution in [0.15, 0.2) is 46.9 Å². The molecule has 3 nitrogen and oxygen atoms in total. The summed E-state index contributed by atoms with van der Waals surface area (Å²) >= 11 is 3.36. The van der Waals surface area contributed by atoms with Gasteiger partial charge in [-0.1, -0.05) is 12.1 Å². The van der Waals surface area contributed by atoms with Crippen molar-refractivity contribution in [2.75, 3.05) is 5.73 Å². The molecule has 2 rings (SSSR count). The molecule has 0 atom stereocenters. The van der Waals surface area contributed by atoms with E-state index in [9.17, 15) is 4.79 Å². The summed E-state index contributed by atoms with van der Waals surface area (Å²) in [5, 5.41) is 0. The first-order valence-electron chi connectivity index (χ1n) is 5.84. The Labute approximate surface area is 120 Å². The normalized spacial score (nSPS) is 10.2. The first-order chi connectivity index (χ1) is 9.06. The number of ketones is 1. The molecule has 0 amide bonds. The maximum atomic E-state index is 11.3. The van der Waals surface area contributed by atoms with Crippen LogP contribution in [0.3, 0.4) is 0 Å². The van der Waals surface area contributed by atoms with Crippen molar-refractivity contribution < 1.29 is 9.53 Å². The lowest BCUT2D eigenvalue weighted by Crippen LogP contribution is -1.98. The summed E-state index contributed by atoms with van der Waals surface area (Å²) in [5.41, 5.74) is 8.08. The Bertz CT molecular complexity index is 611. The molecule has 0 aliphatic carbocycles. The van der Waals surface area contributed by atoms with Crippen molar-refractivity contribution in [2.24, 2.45) is 0 Å². The fraction of sp³-hybridized carbons (Fsp3) is 0.133. The van der Waals surface area contributed by atoms with Crippen LogP contribution in [0.4, 0.5) is 5.69 Å². The molecule has 4 heteroatoms. The molecule has 0 aromatic heterocycles. The zero-order chi connectivity index (χ0) is 13.8. The topological polar surface area (TPSA) is 52.3 Å². The second-order valence-electron chi connectivity index (χ2n) is 4.23. The maximum Gasteiger partial charge on any atom is 0.160 e. The SMILES string of the molecule is CC(=O)c1ccc(OCc2cccc(N)c2)cc1Br. The van der Waals surface area contributed by atoms with Crippen molar-refractivity contribution >= 4 is 27.4 Å². The highest BCUT2D eigenvalue weighted by atomic mass is 79.9. The van der Waals surface area contributed by atoms with E-state index in [0.717, 1.165) is 10.0 Å². The van der Waals surface area contributed by atoms with Crippen molar-refractivity contribution in [2.45, 2.75) is 13.5 Å². The van der Waals surface area contributed by atoms with E-state index >= 15 is 0 Å². The third kappa shape index (κ3) is 3.58. The summed E-state index contributed by atoms with van der Waals surface area (Å²) in [5.74, 6) is 0.730. The average molecular weight is 320 g/mol. The molecule has 0 heterocycles. The van der Waals surface area contributed by atoms with Crippen LogP contribution in [0.5, 0.6) is 5.75 Å². The number of carbonyl (C=O) groups is 1. The van der Waals surface area contributed by atoms with Gasteiger partial charge in [-0.2, -0.15) is 0 Å². The number of rotatable bonds is 4. The van der Waals surface area contributed by atoms with E-state index in [1.54, 1.807) is 18.2 Å². The quantitative estimate of drug-likeness (QED) is 0.688. The van der Waals surface area contributed by atoms with Gasteiger partial charge < -0.3 is 10.5 Å². The second kappa shape index (κ2) is 5.89. The van der Waals surface area contributed by atoms with Crippen LogP contribution in [0, 0.1) is 0 Å². The van der Waals surface area contributed by atoms with E-state index in [2.05, 4.69) is 15.9 Å². The van der Waals surface area contributed by atoms with E-state index < -0.39 is 0 Å². The van der Waals surface area contributed by atoms with E-state index in [-0.39, 0.29) is 5.78 Å². The predicted molar refractivity (Wildman–Crippen MR) is 79.3 cm³/mol. The number of anilines is 1. The molecule has 0 aliphatic heterocycles. The molecule has 0 aliphatic rings. The number of nitrogen functional groups attached to an aromatic ring is 1. The van der Waals surface area contributed by atoms with Crippen LogP contribution < -0.4 is 10.5 Å². The molecule has 0 fully saturated rings. The van der Waals surface area contributed by atoms with Crippen molar-refractivity contribution in [1.82, 2.24) is 0 Å². The summed E-state index contributed by atoms with van der Waals surface area (Å²) in [6.07, 6.45) is 0. The van der Waals surface area contributed by atoms with Gasteiger partial charge in [0.05, 0.1) is 0 Å². The number of halogens is 1. The molecular weight excluding hydrogens is 306 g/mol. The highest BCUT2D eigenvalue weighted by Gasteiger charge is 2.06. The summed E-state index contributed by atoms with van der Waals surface area (Å²) in [4.78, 5) is 11.3. The van der Waals surface area contributed by atoms with Gasteiger partial charge in [0.1, 0.15) is 12.4 Å². The fourth-order valence-corrected chi connectivity index (χ4v) is 2.36. The fourth-order valence-electron chi connectivity index (χ4n) is 1.72. The Hall–Kier alpha value is -1.81. The van der Waals surface area contributed by atoms with Crippen molar-refractivity contribution in [1.29, 1.82) is 0 Å². The molecule has 0 unspecified atom stereocenters. The van der Waals surface area contributed by atoms with Crippen LogP contribution in [0.2, 0.25) is 0 Å². The second-order valence-corrected chi connectivity index (χ2v) is 5.09. The van der Waals surface area contributed by atoms with E-state index in [4.69, 9.17) is 10.5 Å². The maximum absolute atomic E-state index is 11.3. The Balaban J connectivity index is 2.08. The summed E-state index contributed by atoms with van der Waals surface area (Å²) in [7, 11) is 0. The Kier molecular flexibility index (Phi) is 4.22. The molecule has 0 saturated carbocycles. The molecule has 0 spiro atoms. The van der Waals surface area contributed by atoms with Crippen LogP contribution in [-0.2, 0) is 6.61 Å². The lowest BCUT2D eigenvalue weighted by atomic mass is 10.1. The number of hydrogen-bond donors (Lipinski definition) is 1. The zero-order valence-corrected chi connectivity index (χ0v) is 12.1. The van der Waals surface area contributed by atoms with E-state index in [1.165, 1.54) is 6.92 Å². The highest BCUT2D eigenvalue weighted by molar-refractivity contribution is 9.10. The van der Waals surface area contributed by atoms with Gasteiger partial charge in [-0.15, -0.1) is 0 Å². The number of nitrogens with two attached hydrogens (primary N) is 1. The van der Waals surface area contributed by atoms with Gasteiger partial charge in [0.25, 0.3) is 0 Å². The average Bonchev–Trinajstić information content (AvgIpc) is 2.36. The summed E-state index contributed by atoms with van der Waals surface area (Å²) in [6.45, 7) is 1.98. The molecule has 0 bridgehead atoms. The Morgan fingerprint density at radius 1 is 1.26 bits per heavy atom. The predicted octanol–water partition coefficient (Wildman–Crippen LogP) is 3.81. The number of Topliss-reactive ketones (excluding diaryl/α,β-unsaturated/α-hetero) is 1. The molecule has 19 heavy (non-hydrogen) atoms. The standard InChI is InChI=1S/C15H14BrNO2/c1-10(18)14-6-5-13(8-15(14)16)19-9-11-3-2-4-12(17)7-11/h2-8H,9,17H2,1H3. The molecule has 2 N–H and O–H groups in total. The van der Waals surface area contributed by atoms with Gasteiger partial charge in [-0.05, 0) is 58.7 Å². The van der Waals surface area contributed by atoms with Gasteiger partial charge in [-0.3, -0.25) is 4.79 Å². The van der Waals surface area contributed by atoms with Crippen LogP contribution in [0.25, 0.3) is 0 Å². The molecule has 2 aromatic rings. The van der Waals surface area contributed by atoms with Gasteiger partial charge >= 0.3 is 0 Å². The van der Waals surface area contributed by atoms with Crippen molar-refractivity contribution in [3.63, 3.8) is 0 Å². The summed E-state index contributed by atoms with van der Waals surface area (Å²) < 4.78 is 6.41.